The molecule has 0 fully saturated rings. The van der Waals surface area contributed by atoms with Crippen LogP contribution in [0.4, 0.5) is 0 Å². The summed E-state index contributed by atoms with van der Waals surface area (Å²) < 4.78 is 0. The molecule has 0 aromatic heterocycles. The van der Waals surface area contributed by atoms with Crippen LogP contribution in [0.5, 0.6) is 0 Å². The van der Waals surface area contributed by atoms with Gasteiger partial charge in [0.15, 0.2) is 0 Å². The zero-order valence-electron chi connectivity index (χ0n) is 21.7. The van der Waals surface area contributed by atoms with Gasteiger partial charge in [0.25, 0.3) is 0 Å². The zero-order chi connectivity index (χ0) is 24.9. The monoisotopic (exact) mass is 476 g/mol. The number of fused-ring (bicyclic) bond motifs is 5. The summed E-state index contributed by atoms with van der Waals surface area (Å²) in [6, 6.07) is 36.4. The number of allylic oxidation sites excluding steroid dienone is 1. The Bertz CT molecular complexity index is 1700. The lowest BCUT2D eigenvalue weighted by Crippen LogP contribution is -2.06. The molecule has 0 aliphatic heterocycles. The fourth-order valence-electron chi connectivity index (χ4n) is 6.84. The topological polar surface area (TPSA) is 0 Å². The molecule has 0 radical (unpaired) electrons. The molecule has 0 amide bonds. The highest BCUT2D eigenvalue weighted by Gasteiger charge is 2.32. The molecule has 0 nitrogen and oxygen atoms in total. The first-order valence-corrected chi connectivity index (χ1v) is 13.8. The van der Waals surface area contributed by atoms with E-state index in [9.17, 15) is 0 Å². The van der Waals surface area contributed by atoms with Gasteiger partial charge in [-0.05, 0) is 92.6 Å². The van der Waals surface area contributed by atoms with Gasteiger partial charge >= 0.3 is 0 Å². The maximum Gasteiger partial charge on any atom is 0.0311 e. The summed E-state index contributed by atoms with van der Waals surface area (Å²) in [7, 11) is 0. The third-order valence-corrected chi connectivity index (χ3v) is 8.58. The average Bonchev–Trinajstić information content (AvgIpc) is 3.50. The molecule has 2 aliphatic carbocycles. The number of rotatable bonds is 5. The van der Waals surface area contributed by atoms with Gasteiger partial charge in [0.2, 0.25) is 0 Å². The predicted octanol–water partition coefficient (Wildman–Crippen LogP) is 10.1. The Kier molecular flexibility index (Phi) is 5.36. The van der Waals surface area contributed by atoms with E-state index in [2.05, 4.69) is 117 Å². The Morgan fingerprint density at radius 2 is 1.46 bits per heavy atom. The lowest BCUT2D eigenvalue weighted by atomic mass is 9.81. The average molecular weight is 477 g/mol. The molecule has 0 saturated heterocycles. The fourth-order valence-corrected chi connectivity index (χ4v) is 6.84. The van der Waals surface area contributed by atoms with Crippen molar-refractivity contribution >= 4 is 16.8 Å². The predicted molar refractivity (Wildman–Crippen MR) is 158 cm³/mol. The Hall–Kier alpha value is -3.90. The van der Waals surface area contributed by atoms with Gasteiger partial charge in [0, 0.05) is 5.92 Å². The van der Waals surface area contributed by atoms with Crippen molar-refractivity contribution in [1.29, 1.82) is 0 Å². The molecule has 37 heavy (non-hydrogen) atoms. The van der Waals surface area contributed by atoms with Crippen LogP contribution in [0.2, 0.25) is 0 Å². The molecule has 5 aromatic carbocycles. The van der Waals surface area contributed by atoms with Gasteiger partial charge in [-0.1, -0.05) is 122 Å². The van der Waals surface area contributed by atoms with Crippen molar-refractivity contribution in [3.63, 3.8) is 0 Å². The Morgan fingerprint density at radius 3 is 2.35 bits per heavy atom. The van der Waals surface area contributed by atoms with E-state index in [0.717, 1.165) is 12.8 Å². The quantitative estimate of drug-likeness (QED) is 0.232. The molecule has 0 bridgehead atoms. The van der Waals surface area contributed by atoms with E-state index < -0.39 is 0 Å². The highest BCUT2D eigenvalue weighted by molar-refractivity contribution is 6.01. The van der Waals surface area contributed by atoms with Crippen LogP contribution in [0, 0.1) is 6.92 Å². The first kappa shape index (κ1) is 22.3. The van der Waals surface area contributed by atoms with Crippen molar-refractivity contribution < 1.29 is 0 Å². The molecule has 0 heteroatoms. The number of unbranched alkanes of at least 4 members (excludes halogenated alkanes) is 1. The van der Waals surface area contributed by atoms with E-state index in [1.807, 2.05) is 0 Å². The van der Waals surface area contributed by atoms with Crippen LogP contribution in [-0.4, -0.2) is 0 Å². The number of aryl methyl sites for hydroxylation is 1. The van der Waals surface area contributed by atoms with Crippen molar-refractivity contribution in [2.75, 3.05) is 0 Å². The van der Waals surface area contributed by atoms with Crippen LogP contribution in [0.15, 0.2) is 103 Å². The lowest BCUT2D eigenvalue weighted by Gasteiger charge is -2.22. The van der Waals surface area contributed by atoms with Gasteiger partial charge < -0.3 is 0 Å². The fraction of sp³-hybridized carbons (Fsp3) is 0.189. The smallest absolute Gasteiger partial charge is 0.0311 e. The number of benzene rings is 5. The molecular formula is C37H32. The number of hydrogen-bond acceptors (Lipinski definition) is 0. The minimum atomic E-state index is 0.334. The van der Waals surface area contributed by atoms with E-state index in [-0.39, 0.29) is 0 Å². The Labute approximate surface area is 220 Å². The van der Waals surface area contributed by atoms with Crippen LogP contribution in [0.3, 0.4) is 0 Å². The third kappa shape index (κ3) is 3.50. The second-order valence-corrected chi connectivity index (χ2v) is 10.8. The minimum absolute atomic E-state index is 0.334. The molecule has 180 valence electrons. The van der Waals surface area contributed by atoms with Gasteiger partial charge in [-0.25, -0.2) is 0 Å². The van der Waals surface area contributed by atoms with Crippen LogP contribution >= 0.6 is 0 Å². The van der Waals surface area contributed by atoms with Crippen LogP contribution in [0.25, 0.3) is 39.1 Å². The third-order valence-electron chi connectivity index (χ3n) is 8.58. The van der Waals surface area contributed by atoms with Crippen LogP contribution < -0.4 is 0 Å². The van der Waals surface area contributed by atoms with Crippen molar-refractivity contribution in [1.82, 2.24) is 0 Å². The number of hydrogen-bond donors (Lipinski definition) is 0. The maximum absolute atomic E-state index is 2.55. The van der Waals surface area contributed by atoms with Gasteiger partial charge in [-0.3, -0.25) is 0 Å². The van der Waals surface area contributed by atoms with Gasteiger partial charge in [0.1, 0.15) is 0 Å². The van der Waals surface area contributed by atoms with Crippen molar-refractivity contribution in [2.24, 2.45) is 0 Å². The molecule has 1 atom stereocenters. The molecule has 0 saturated carbocycles. The summed E-state index contributed by atoms with van der Waals surface area (Å²) in [5.41, 5.74) is 15.9. The summed E-state index contributed by atoms with van der Waals surface area (Å²) in [6.07, 6.45) is 7.19. The van der Waals surface area contributed by atoms with E-state index >= 15 is 0 Å². The van der Waals surface area contributed by atoms with Crippen LogP contribution in [-0.2, 0) is 6.42 Å². The maximum atomic E-state index is 2.55. The molecular weight excluding hydrogens is 444 g/mol. The zero-order valence-corrected chi connectivity index (χ0v) is 21.7. The van der Waals surface area contributed by atoms with E-state index in [4.69, 9.17) is 0 Å². The van der Waals surface area contributed by atoms with E-state index in [0.29, 0.717) is 5.92 Å². The van der Waals surface area contributed by atoms with E-state index in [1.165, 1.54) is 79.2 Å². The van der Waals surface area contributed by atoms with Gasteiger partial charge in [-0.15, -0.1) is 0 Å². The van der Waals surface area contributed by atoms with Gasteiger partial charge in [-0.2, -0.15) is 0 Å². The first-order chi connectivity index (χ1) is 18.2. The molecule has 0 heterocycles. The largest absolute Gasteiger partial charge is 0.0654 e. The molecule has 1 unspecified atom stereocenters. The summed E-state index contributed by atoms with van der Waals surface area (Å²) >= 11 is 0. The summed E-state index contributed by atoms with van der Waals surface area (Å²) in [5.74, 6) is 0.334. The molecule has 5 aromatic rings. The first-order valence-electron chi connectivity index (χ1n) is 13.8. The molecule has 2 aliphatic rings. The minimum Gasteiger partial charge on any atom is -0.0654 e. The summed E-state index contributed by atoms with van der Waals surface area (Å²) in [5, 5.41) is 2.66. The SMILES string of the molecule is CCCCC1=Cc2c(-c3c(C)ccc4ccccc34)cccc2C1c1cccc2c1Cc1ccccc1-2. The standard InChI is InChI=1S/C37H32/c1-3-4-11-27-23-35-31(36-24(2)20-21-25-12-5-8-15-29(25)36)17-10-19-33(35)37(27)32-18-9-16-30-28-14-7-6-13-26(28)22-34(30)32/h5-10,12-21,23,37H,3-4,11,22H2,1-2H3. The lowest BCUT2D eigenvalue weighted by molar-refractivity contribution is 0.753. The van der Waals surface area contributed by atoms with Crippen molar-refractivity contribution in [2.45, 2.75) is 45.4 Å². The van der Waals surface area contributed by atoms with Crippen LogP contribution in [0.1, 0.15) is 65.5 Å². The van der Waals surface area contributed by atoms with Crippen molar-refractivity contribution in [3.8, 4) is 22.3 Å². The highest BCUT2D eigenvalue weighted by atomic mass is 14.4. The van der Waals surface area contributed by atoms with Crippen molar-refractivity contribution in [3.05, 3.63) is 136 Å². The Morgan fingerprint density at radius 1 is 0.703 bits per heavy atom. The second-order valence-electron chi connectivity index (χ2n) is 10.8. The highest BCUT2D eigenvalue weighted by Crippen LogP contribution is 2.50. The normalized spacial score (nSPS) is 15.4. The molecule has 0 spiro atoms. The summed E-state index contributed by atoms with van der Waals surface area (Å²) in [4.78, 5) is 0. The Balaban J connectivity index is 1.44. The molecule has 7 rings (SSSR count). The second kappa shape index (κ2) is 8.89. The van der Waals surface area contributed by atoms with E-state index in [1.54, 1.807) is 5.57 Å². The molecule has 0 N–H and O–H groups in total. The summed E-state index contributed by atoms with van der Waals surface area (Å²) in [6.45, 7) is 4.57. The van der Waals surface area contributed by atoms with Gasteiger partial charge in [0.05, 0.1) is 0 Å².